The van der Waals surface area contributed by atoms with Crippen molar-refractivity contribution < 1.29 is 0 Å². The van der Waals surface area contributed by atoms with E-state index in [4.69, 9.17) is 0 Å². The summed E-state index contributed by atoms with van der Waals surface area (Å²) in [4.78, 5) is 3.74. The molecule has 0 bridgehead atoms. The Morgan fingerprint density at radius 1 is 1.07 bits per heavy atom. The SMILES string of the molecule is C[C@@H](NC1CCCc2c1[nH]c1ccc(-c3ccsc3)cc21)c1ccccc1. The van der Waals surface area contributed by atoms with Gasteiger partial charge in [0.15, 0.2) is 0 Å². The first-order valence-electron chi connectivity index (χ1n) is 9.77. The van der Waals surface area contributed by atoms with Crippen LogP contribution in [0.15, 0.2) is 65.4 Å². The zero-order chi connectivity index (χ0) is 18.2. The van der Waals surface area contributed by atoms with Gasteiger partial charge in [0.25, 0.3) is 0 Å². The van der Waals surface area contributed by atoms with E-state index in [1.54, 1.807) is 11.3 Å². The lowest BCUT2D eigenvalue weighted by Crippen LogP contribution is -2.27. The summed E-state index contributed by atoms with van der Waals surface area (Å²) >= 11 is 1.76. The summed E-state index contributed by atoms with van der Waals surface area (Å²) in [6, 6.07) is 20.5. The molecule has 0 aliphatic heterocycles. The Labute approximate surface area is 164 Å². The summed E-state index contributed by atoms with van der Waals surface area (Å²) in [6.07, 6.45) is 3.59. The number of hydrogen-bond acceptors (Lipinski definition) is 2. The molecule has 0 radical (unpaired) electrons. The predicted molar refractivity (Wildman–Crippen MR) is 115 cm³/mol. The molecule has 1 unspecified atom stereocenters. The lowest BCUT2D eigenvalue weighted by molar-refractivity contribution is 0.410. The van der Waals surface area contributed by atoms with Crippen LogP contribution in [-0.4, -0.2) is 4.98 Å². The molecule has 0 saturated carbocycles. The molecule has 2 aromatic carbocycles. The van der Waals surface area contributed by atoms with E-state index in [-0.39, 0.29) is 0 Å². The van der Waals surface area contributed by atoms with Crippen molar-refractivity contribution in [3.63, 3.8) is 0 Å². The number of benzene rings is 2. The fourth-order valence-corrected chi connectivity index (χ4v) is 5.04. The van der Waals surface area contributed by atoms with Gasteiger partial charge in [-0.2, -0.15) is 11.3 Å². The molecule has 2 heterocycles. The van der Waals surface area contributed by atoms with E-state index in [0.717, 1.165) is 0 Å². The minimum absolute atomic E-state index is 0.343. The van der Waals surface area contributed by atoms with E-state index in [0.29, 0.717) is 12.1 Å². The average Bonchev–Trinajstić information content (AvgIpc) is 3.37. The van der Waals surface area contributed by atoms with Gasteiger partial charge in [0.05, 0.1) is 0 Å². The Morgan fingerprint density at radius 2 is 1.96 bits per heavy atom. The maximum Gasteiger partial charge on any atom is 0.0480 e. The minimum atomic E-state index is 0.343. The first-order valence-corrected chi connectivity index (χ1v) is 10.7. The summed E-state index contributed by atoms with van der Waals surface area (Å²) in [6.45, 7) is 2.26. The van der Waals surface area contributed by atoms with Gasteiger partial charge >= 0.3 is 0 Å². The van der Waals surface area contributed by atoms with Crippen molar-refractivity contribution in [2.75, 3.05) is 0 Å². The van der Waals surface area contributed by atoms with Crippen LogP contribution in [0.4, 0.5) is 0 Å². The molecule has 0 saturated heterocycles. The Morgan fingerprint density at radius 3 is 2.78 bits per heavy atom. The molecular formula is C24H24N2S. The second kappa shape index (κ2) is 6.99. The molecule has 0 amide bonds. The molecule has 0 fully saturated rings. The highest BCUT2D eigenvalue weighted by Crippen LogP contribution is 2.37. The van der Waals surface area contributed by atoms with E-state index < -0.39 is 0 Å². The Bertz CT molecular complexity index is 1050. The van der Waals surface area contributed by atoms with Crippen LogP contribution in [0, 0.1) is 0 Å². The highest BCUT2D eigenvalue weighted by molar-refractivity contribution is 7.08. The smallest absolute Gasteiger partial charge is 0.0480 e. The highest BCUT2D eigenvalue weighted by Gasteiger charge is 2.25. The van der Waals surface area contributed by atoms with Crippen molar-refractivity contribution in [2.45, 2.75) is 38.3 Å². The van der Waals surface area contributed by atoms with Gasteiger partial charge in [-0.15, -0.1) is 0 Å². The Balaban J connectivity index is 1.49. The predicted octanol–water partition coefficient (Wildman–Crippen LogP) is 6.62. The maximum absolute atomic E-state index is 3.86. The van der Waals surface area contributed by atoms with Crippen LogP contribution in [0.2, 0.25) is 0 Å². The van der Waals surface area contributed by atoms with E-state index in [1.807, 2.05) is 0 Å². The third-order valence-corrected chi connectivity index (χ3v) is 6.50. The van der Waals surface area contributed by atoms with E-state index in [2.05, 4.69) is 82.6 Å². The zero-order valence-corrected chi connectivity index (χ0v) is 16.4. The normalized spacial score (nSPS) is 17.7. The average molecular weight is 373 g/mol. The van der Waals surface area contributed by atoms with Crippen LogP contribution in [0.25, 0.3) is 22.0 Å². The molecule has 2 atom stereocenters. The van der Waals surface area contributed by atoms with Crippen LogP contribution in [0.5, 0.6) is 0 Å². The standard InChI is InChI=1S/C24H24N2S/c1-16(17-6-3-2-4-7-17)25-23-9-5-8-20-21-14-18(19-12-13-27-15-19)10-11-22(21)26-24(20)23/h2-4,6-7,10-16,23,25-26H,5,8-9H2,1H3/t16-,23?/m1/s1. The number of fused-ring (bicyclic) bond motifs is 3. The van der Waals surface area contributed by atoms with Gasteiger partial charge in [0, 0.05) is 28.7 Å². The fourth-order valence-electron chi connectivity index (χ4n) is 4.38. The molecule has 2 aromatic heterocycles. The van der Waals surface area contributed by atoms with Crippen LogP contribution in [0.3, 0.4) is 0 Å². The van der Waals surface area contributed by atoms with Crippen molar-refractivity contribution in [1.29, 1.82) is 0 Å². The quantitative estimate of drug-likeness (QED) is 0.414. The van der Waals surface area contributed by atoms with Crippen molar-refractivity contribution in [3.8, 4) is 11.1 Å². The molecule has 5 rings (SSSR count). The first kappa shape index (κ1) is 16.8. The Hall–Kier alpha value is -2.36. The lowest BCUT2D eigenvalue weighted by atomic mass is 9.90. The molecule has 2 nitrogen and oxygen atoms in total. The number of aromatic nitrogens is 1. The van der Waals surface area contributed by atoms with Crippen LogP contribution >= 0.6 is 11.3 Å². The fraction of sp³-hybridized carbons (Fsp3) is 0.250. The van der Waals surface area contributed by atoms with Crippen molar-refractivity contribution in [3.05, 3.63) is 82.2 Å². The van der Waals surface area contributed by atoms with Crippen LogP contribution in [-0.2, 0) is 6.42 Å². The maximum atomic E-state index is 3.86. The molecule has 1 aliphatic rings. The number of nitrogens with one attached hydrogen (secondary N) is 2. The first-order chi connectivity index (χ1) is 13.3. The van der Waals surface area contributed by atoms with Gasteiger partial charge in [-0.3, -0.25) is 0 Å². The van der Waals surface area contributed by atoms with Crippen LogP contribution < -0.4 is 5.32 Å². The molecule has 0 spiro atoms. The number of thiophene rings is 1. The van der Waals surface area contributed by atoms with E-state index >= 15 is 0 Å². The van der Waals surface area contributed by atoms with Crippen molar-refractivity contribution in [1.82, 2.24) is 10.3 Å². The number of aromatic amines is 1. The van der Waals surface area contributed by atoms with Gasteiger partial charge < -0.3 is 10.3 Å². The zero-order valence-electron chi connectivity index (χ0n) is 15.5. The molecule has 136 valence electrons. The van der Waals surface area contributed by atoms with Crippen molar-refractivity contribution in [2.24, 2.45) is 0 Å². The van der Waals surface area contributed by atoms with E-state index in [9.17, 15) is 0 Å². The summed E-state index contributed by atoms with van der Waals surface area (Å²) in [5.74, 6) is 0. The number of hydrogen-bond donors (Lipinski definition) is 2. The van der Waals surface area contributed by atoms with Gasteiger partial charge in [0.2, 0.25) is 0 Å². The van der Waals surface area contributed by atoms with Gasteiger partial charge in [0.1, 0.15) is 0 Å². The summed E-state index contributed by atoms with van der Waals surface area (Å²) in [7, 11) is 0. The highest BCUT2D eigenvalue weighted by atomic mass is 32.1. The molecule has 2 N–H and O–H groups in total. The van der Waals surface area contributed by atoms with Crippen LogP contribution in [0.1, 0.15) is 48.7 Å². The third-order valence-electron chi connectivity index (χ3n) is 5.81. The van der Waals surface area contributed by atoms with Gasteiger partial charge in [-0.1, -0.05) is 36.4 Å². The van der Waals surface area contributed by atoms with Gasteiger partial charge in [-0.25, -0.2) is 0 Å². The molecule has 27 heavy (non-hydrogen) atoms. The largest absolute Gasteiger partial charge is 0.357 e. The topological polar surface area (TPSA) is 27.8 Å². The number of aryl methyl sites for hydroxylation is 1. The second-order valence-electron chi connectivity index (χ2n) is 7.53. The van der Waals surface area contributed by atoms with E-state index in [1.165, 1.54) is 58.1 Å². The molecule has 3 heteroatoms. The number of rotatable bonds is 4. The minimum Gasteiger partial charge on any atom is -0.357 e. The second-order valence-corrected chi connectivity index (χ2v) is 8.31. The lowest BCUT2D eigenvalue weighted by Gasteiger charge is -2.27. The third kappa shape index (κ3) is 3.11. The molecule has 1 aliphatic carbocycles. The molecular weight excluding hydrogens is 348 g/mol. The summed E-state index contributed by atoms with van der Waals surface area (Å²) in [5.41, 5.74) is 8.14. The Kier molecular flexibility index (Phi) is 4.35. The number of H-pyrrole nitrogens is 1. The van der Waals surface area contributed by atoms with Crippen molar-refractivity contribution >= 4 is 22.2 Å². The monoisotopic (exact) mass is 372 g/mol. The summed E-state index contributed by atoms with van der Waals surface area (Å²) in [5, 5.41) is 9.64. The summed E-state index contributed by atoms with van der Waals surface area (Å²) < 4.78 is 0. The van der Waals surface area contributed by atoms with Gasteiger partial charge in [-0.05, 0) is 77.4 Å². The molecule has 4 aromatic rings.